The Hall–Kier alpha value is -1.20. The van der Waals surface area contributed by atoms with Crippen molar-refractivity contribution in [1.29, 1.82) is 0 Å². The van der Waals surface area contributed by atoms with Gasteiger partial charge in [-0.1, -0.05) is 11.6 Å². The van der Waals surface area contributed by atoms with Crippen LogP contribution in [-0.2, 0) is 6.54 Å². The molecule has 2 heterocycles. The monoisotopic (exact) mass is 255 g/mol. The summed E-state index contributed by atoms with van der Waals surface area (Å²) >= 11 is 7.29. The standard InChI is InChI=1S/C10H10ClN3OS/c1-3-14-8(7(11)4-13-14)9(15)10-6(2)12-5-16-10/h4-5H,3H2,1-2H3. The van der Waals surface area contributed by atoms with Crippen LogP contribution in [0.5, 0.6) is 0 Å². The second-order valence-corrected chi connectivity index (χ2v) is 4.51. The molecule has 0 N–H and O–H groups in total. The molecule has 0 fully saturated rings. The molecule has 0 aliphatic heterocycles. The number of aromatic nitrogens is 3. The number of hydrogen-bond donors (Lipinski definition) is 0. The fraction of sp³-hybridized carbons (Fsp3) is 0.300. The summed E-state index contributed by atoms with van der Waals surface area (Å²) in [7, 11) is 0. The van der Waals surface area contributed by atoms with Gasteiger partial charge in [-0.3, -0.25) is 9.48 Å². The molecule has 0 saturated carbocycles. The number of halogens is 1. The topological polar surface area (TPSA) is 47.8 Å². The van der Waals surface area contributed by atoms with Gasteiger partial charge in [-0.15, -0.1) is 11.3 Å². The van der Waals surface area contributed by atoms with Crippen molar-refractivity contribution in [2.75, 3.05) is 0 Å². The number of carbonyl (C=O) groups excluding carboxylic acids is 1. The van der Waals surface area contributed by atoms with E-state index in [0.29, 0.717) is 22.1 Å². The maximum atomic E-state index is 12.2. The van der Waals surface area contributed by atoms with Gasteiger partial charge in [0.1, 0.15) is 5.69 Å². The second kappa shape index (κ2) is 4.35. The van der Waals surface area contributed by atoms with Crippen LogP contribution >= 0.6 is 22.9 Å². The smallest absolute Gasteiger partial charge is 0.224 e. The fourth-order valence-electron chi connectivity index (χ4n) is 1.46. The molecule has 0 radical (unpaired) electrons. The van der Waals surface area contributed by atoms with Crippen molar-refractivity contribution < 1.29 is 4.79 Å². The number of rotatable bonds is 3. The number of nitrogens with zero attached hydrogens (tertiary/aromatic N) is 3. The first kappa shape index (κ1) is 11.3. The molecule has 0 aliphatic rings. The van der Waals surface area contributed by atoms with Crippen LogP contribution in [0.1, 0.15) is 28.0 Å². The zero-order chi connectivity index (χ0) is 11.7. The van der Waals surface area contributed by atoms with Gasteiger partial charge in [0.25, 0.3) is 0 Å². The van der Waals surface area contributed by atoms with Gasteiger partial charge in [-0.2, -0.15) is 5.10 Å². The van der Waals surface area contributed by atoms with E-state index in [1.807, 2.05) is 13.8 Å². The lowest BCUT2D eigenvalue weighted by Gasteiger charge is -2.03. The molecular weight excluding hydrogens is 246 g/mol. The van der Waals surface area contributed by atoms with Crippen molar-refractivity contribution in [1.82, 2.24) is 14.8 Å². The van der Waals surface area contributed by atoms with Crippen molar-refractivity contribution in [3.63, 3.8) is 0 Å². The van der Waals surface area contributed by atoms with E-state index in [4.69, 9.17) is 11.6 Å². The molecule has 0 aliphatic carbocycles. The summed E-state index contributed by atoms with van der Waals surface area (Å²) in [5.41, 5.74) is 2.83. The molecule has 0 saturated heterocycles. The summed E-state index contributed by atoms with van der Waals surface area (Å²) in [4.78, 5) is 16.9. The first-order valence-corrected chi connectivity index (χ1v) is 6.07. The summed E-state index contributed by atoms with van der Waals surface area (Å²) in [6.45, 7) is 4.34. The van der Waals surface area contributed by atoms with Gasteiger partial charge in [0.15, 0.2) is 0 Å². The van der Waals surface area contributed by atoms with Crippen LogP contribution < -0.4 is 0 Å². The molecular formula is C10H10ClN3OS. The van der Waals surface area contributed by atoms with E-state index >= 15 is 0 Å². The van der Waals surface area contributed by atoms with Crippen LogP contribution in [0.3, 0.4) is 0 Å². The van der Waals surface area contributed by atoms with E-state index in [9.17, 15) is 4.79 Å². The maximum absolute atomic E-state index is 12.2. The minimum Gasteiger partial charge on any atom is -0.286 e. The van der Waals surface area contributed by atoms with Crippen LogP contribution in [0.25, 0.3) is 0 Å². The number of carbonyl (C=O) groups is 1. The summed E-state index contributed by atoms with van der Waals surface area (Å²) in [5.74, 6) is -0.107. The van der Waals surface area contributed by atoms with Crippen molar-refractivity contribution in [3.05, 3.63) is 33.0 Å². The predicted octanol–water partition coefficient (Wildman–Crippen LogP) is 2.55. The first-order valence-electron chi connectivity index (χ1n) is 4.81. The van der Waals surface area contributed by atoms with Crippen LogP contribution in [-0.4, -0.2) is 20.5 Å². The Kier molecular flexibility index (Phi) is 3.07. The van der Waals surface area contributed by atoms with E-state index in [1.165, 1.54) is 17.5 Å². The Morgan fingerprint density at radius 2 is 2.38 bits per heavy atom. The molecule has 2 aromatic rings. The minimum absolute atomic E-state index is 0.107. The minimum atomic E-state index is -0.107. The molecule has 0 unspecified atom stereocenters. The molecule has 4 nitrogen and oxygen atoms in total. The maximum Gasteiger partial charge on any atom is 0.224 e. The van der Waals surface area contributed by atoms with Gasteiger partial charge >= 0.3 is 0 Å². The summed E-state index contributed by atoms with van der Waals surface area (Å²) in [5, 5.41) is 4.43. The highest BCUT2D eigenvalue weighted by Crippen LogP contribution is 2.22. The molecule has 0 bridgehead atoms. The summed E-state index contributed by atoms with van der Waals surface area (Å²) in [6, 6.07) is 0. The summed E-state index contributed by atoms with van der Waals surface area (Å²) < 4.78 is 1.60. The highest BCUT2D eigenvalue weighted by molar-refractivity contribution is 7.12. The quantitative estimate of drug-likeness (QED) is 0.792. The van der Waals surface area contributed by atoms with Crippen molar-refractivity contribution >= 4 is 28.7 Å². The molecule has 16 heavy (non-hydrogen) atoms. The van der Waals surface area contributed by atoms with Crippen molar-refractivity contribution in [2.45, 2.75) is 20.4 Å². The van der Waals surface area contributed by atoms with Gasteiger partial charge in [-0.25, -0.2) is 4.98 Å². The highest BCUT2D eigenvalue weighted by atomic mass is 35.5. The van der Waals surface area contributed by atoms with E-state index < -0.39 is 0 Å². The average Bonchev–Trinajstić information content (AvgIpc) is 2.83. The van der Waals surface area contributed by atoms with Gasteiger partial charge in [0, 0.05) is 6.54 Å². The molecule has 84 valence electrons. The van der Waals surface area contributed by atoms with E-state index in [1.54, 1.807) is 10.2 Å². The lowest BCUT2D eigenvalue weighted by atomic mass is 10.2. The molecule has 0 atom stereocenters. The zero-order valence-electron chi connectivity index (χ0n) is 8.90. The molecule has 6 heteroatoms. The Morgan fingerprint density at radius 3 is 2.94 bits per heavy atom. The van der Waals surface area contributed by atoms with E-state index in [-0.39, 0.29) is 5.78 Å². The number of ketones is 1. The molecule has 0 spiro atoms. The van der Waals surface area contributed by atoms with Crippen LogP contribution in [0.2, 0.25) is 5.02 Å². The van der Waals surface area contributed by atoms with E-state index in [2.05, 4.69) is 10.1 Å². The molecule has 0 amide bonds. The lowest BCUT2D eigenvalue weighted by Crippen LogP contribution is -2.10. The molecule has 2 aromatic heterocycles. The predicted molar refractivity (Wildman–Crippen MR) is 63.2 cm³/mol. The second-order valence-electron chi connectivity index (χ2n) is 3.25. The zero-order valence-corrected chi connectivity index (χ0v) is 10.5. The third kappa shape index (κ3) is 1.76. The van der Waals surface area contributed by atoms with Crippen LogP contribution in [0.15, 0.2) is 11.7 Å². The Morgan fingerprint density at radius 1 is 1.62 bits per heavy atom. The van der Waals surface area contributed by atoms with Gasteiger partial charge in [-0.05, 0) is 13.8 Å². The SMILES string of the molecule is CCn1ncc(Cl)c1C(=O)c1scnc1C. The highest BCUT2D eigenvalue weighted by Gasteiger charge is 2.21. The number of hydrogen-bond acceptors (Lipinski definition) is 4. The average molecular weight is 256 g/mol. The van der Waals surface area contributed by atoms with Gasteiger partial charge in [0.2, 0.25) is 5.78 Å². The summed E-state index contributed by atoms with van der Waals surface area (Å²) in [6.07, 6.45) is 1.49. The molecule has 2 rings (SSSR count). The normalized spacial score (nSPS) is 10.7. The Labute approximate surface area is 102 Å². The van der Waals surface area contributed by atoms with Crippen molar-refractivity contribution in [2.24, 2.45) is 0 Å². The lowest BCUT2D eigenvalue weighted by molar-refractivity contribution is 0.103. The van der Waals surface area contributed by atoms with Crippen molar-refractivity contribution in [3.8, 4) is 0 Å². The van der Waals surface area contributed by atoms with Crippen LogP contribution in [0.4, 0.5) is 0 Å². The Bertz CT molecular complexity index is 532. The van der Waals surface area contributed by atoms with Crippen LogP contribution in [0, 0.1) is 6.92 Å². The number of thiazole rings is 1. The Balaban J connectivity index is 2.49. The molecule has 0 aromatic carbocycles. The number of aryl methyl sites for hydroxylation is 2. The fourth-order valence-corrected chi connectivity index (χ4v) is 2.43. The van der Waals surface area contributed by atoms with Gasteiger partial charge in [0.05, 0.1) is 27.3 Å². The third-order valence-corrected chi connectivity index (χ3v) is 3.47. The van der Waals surface area contributed by atoms with E-state index in [0.717, 1.165) is 5.69 Å². The largest absolute Gasteiger partial charge is 0.286 e. The van der Waals surface area contributed by atoms with Gasteiger partial charge < -0.3 is 0 Å². The third-order valence-electron chi connectivity index (χ3n) is 2.26. The first-order chi connectivity index (χ1) is 7.65.